The van der Waals surface area contributed by atoms with E-state index in [0.717, 1.165) is 24.3 Å². The van der Waals surface area contributed by atoms with E-state index < -0.39 is 52.1 Å². The Kier molecular flexibility index (Phi) is 5.60. The molecule has 0 aromatic heterocycles. The molecule has 28 heavy (non-hydrogen) atoms. The number of halogens is 3. The van der Waals surface area contributed by atoms with Crippen LogP contribution in [0.2, 0.25) is 0 Å². The van der Waals surface area contributed by atoms with Gasteiger partial charge in [-0.2, -0.15) is 18.4 Å². The van der Waals surface area contributed by atoms with Gasteiger partial charge >= 0.3 is 12.1 Å². The number of nitrogens with zero attached hydrogens (tertiary/aromatic N) is 2. The molecule has 1 aliphatic rings. The summed E-state index contributed by atoms with van der Waals surface area (Å²) in [5, 5.41) is 31.6. The second kappa shape index (κ2) is 7.43. The lowest BCUT2D eigenvalue weighted by Crippen LogP contribution is -2.71. The number of nitrogens with one attached hydrogen (secondary N) is 1. The lowest BCUT2D eigenvalue weighted by atomic mass is 9.69. The maximum Gasteiger partial charge on any atom is 0.437 e. The Balaban J connectivity index is 2.69. The zero-order chi connectivity index (χ0) is 21.3. The van der Waals surface area contributed by atoms with Crippen molar-refractivity contribution in [1.82, 2.24) is 5.32 Å². The molecule has 9 nitrogen and oxygen atoms in total. The summed E-state index contributed by atoms with van der Waals surface area (Å²) in [5.41, 5.74) is -4.53. The number of hydrogen-bond acceptors (Lipinski definition) is 7. The molecule has 1 fully saturated rings. The van der Waals surface area contributed by atoms with Gasteiger partial charge in [-0.15, -0.1) is 0 Å². The number of esters is 1. The molecule has 1 aliphatic heterocycles. The second-order valence-electron chi connectivity index (χ2n) is 5.96. The number of rotatable bonds is 4. The number of nitro benzene ring substituents is 1. The van der Waals surface area contributed by atoms with Gasteiger partial charge in [0.1, 0.15) is 11.8 Å². The number of alkyl halides is 3. The topological polar surface area (TPSA) is 143 Å². The molecular weight excluding hydrogens is 387 g/mol. The quantitative estimate of drug-likeness (QED) is 0.441. The van der Waals surface area contributed by atoms with Gasteiger partial charge in [0.05, 0.1) is 17.6 Å². The lowest BCUT2D eigenvalue weighted by Gasteiger charge is -2.45. The lowest BCUT2D eigenvalue weighted by molar-refractivity contribution is -0.384. The number of benzene rings is 1. The molecule has 2 rings (SSSR count). The number of carbonyl (C=O) groups is 2. The number of nitriles is 1. The Bertz CT molecular complexity index is 836. The maximum atomic E-state index is 13.6. The minimum atomic E-state index is -5.47. The van der Waals surface area contributed by atoms with Gasteiger partial charge < -0.3 is 15.2 Å². The number of carbonyl (C=O) groups excluding carboxylic acids is 2. The summed E-state index contributed by atoms with van der Waals surface area (Å²) >= 11 is 0. The van der Waals surface area contributed by atoms with E-state index >= 15 is 0 Å². The van der Waals surface area contributed by atoms with Gasteiger partial charge in [0.25, 0.3) is 5.69 Å². The standard InChI is InChI=1S/C16H14F3N3O6/c1-2-28-14(24)12-11(8-3-5-9(6-4-8)22(26)27)10(7-20)13(23)21-15(12,25)16(17,18)19/h3-6,10-12,25H,2H2,1H3,(H,21,23). The predicted octanol–water partition coefficient (Wildman–Crippen LogP) is 1.38. The van der Waals surface area contributed by atoms with E-state index in [1.165, 1.54) is 18.3 Å². The number of nitro groups is 1. The summed E-state index contributed by atoms with van der Waals surface area (Å²) in [4.78, 5) is 34.5. The molecule has 12 heteroatoms. The minimum absolute atomic E-state index is 0.146. The number of non-ortho nitro benzene ring substituents is 1. The van der Waals surface area contributed by atoms with Gasteiger partial charge in [-0.25, -0.2) is 0 Å². The van der Waals surface area contributed by atoms with Crippen molar-refractivity contribution in [3.05, 3.63) is 39.9 Å². The largest absolute Gasteiger partial charge is 0.466 e. The number of amides is 1. The first-order chi connectivity index (χ1) is 13.0. The molecule has 0 radical (unpaired) electrons. The van der Waals surface area contributed by atoms with Gasteiger partial charge in [-0.05, 0) is 12.5 Å². The fourth-order valence-corrected chi connectivity index (χ4v) is 3.10. The SMILES string of the molecule is CCOC(=O)C1C(c2ccc([N+](=O)[O-])cc2)C(C#N)C(=O)NC1(O)C(F)(F)F. The molecule has 0 bridgehead atoms. The predicted molar refractivity (Wildman–Crippen MR) is 84.2 cm³/mol. The molecule has 4 atom stereocenters. The molecule has 4 unspecified atom stereocenters. The molecule has 0 saturated carbocycles. The molecule has 1 aromatic carbocycles. The first kappa shape index (κ1) is 21.1. The van der Waals surface area contributed by atoms with Crippen molar-refractivity contribution in [2.45, 2.75) is 24.7 Å². The number of ether oxygens (including phenoxy) is 1. The molecular formula is C16H14F3N3O6. The van der Waals surface area contributed by atoms with Crippen molar-refractivity contribution in [2.24, 2.45) is 11.8 Å². The van der Waals surface area contributed by atoms with Crippen molar-refractivity contribution in [1.29, 1.82) is 5.26 Å². The van der Waals surface area contributed by atoms with Crippen molar-refractivity contribution in [2.75, 3.05) is 6.61 Å². The highest BCUT2D eigenvalue weighted by atomic mass is 19.4. The average molecular weight is 401 g/mol. The van der Waals surface area contributed by atoms with Crippen LogP contribution in [0, 0.1) is 33.3 Å². The molecule has 1 amide bonds. The third kappa shape index (κ3) is 3.48. The summed E-state index contributed by atoms with van der Waals surface area (Å²) in [6.45, 7) is 1.01. The Hall–Kier alpha value is -3.20. The van der Waals surface area contributed by atoms with Gasteiger partial charge in [-0.3, -0.25) is 19.7 Å². The Morgan fingerprint density at radius 3 is 2.43 bits per heavy atom. The Morgan fingerprint density at radius 2 is 2.00 bits per heavy atom. The molecule has 150 valence electrons. The van der Waals surface area contributed by atoms with E-state index in [9.17, 15) is 43.2 Å². The highest BCUT2D eigenvalue weighted by Gasteiger charge is 2.69. The van der Waals surface area contributed by atoms with Crippen LogP contribution in [0.3, 0.4) is 0 Å². The summed E-state index contributed by atoms with van der Waals surface area (Å²) < 4.78 is 45.4. The minimum Gasteiger partial charge on any atom is -0.466 e. The van der Waals surface area contributed by atoms with E-state index in [2.05, 4.69) is 4.74 Å². The fourth-order valence-electron chi connectivity index (χ4n) is 3.10. The van der Waals surface area contributed by atoms with Gasteiger partial charge in [0, 0.05) is 18.1 Å². The molecule has 0 spiro atoms. The number of hydrogen-bond donors (Lipinski definition) is 2. The van der Waals surface area contributed by atoms with Crippen LogP contribution in [0.1, 0.15) is 18.4 Å². The van der Waals surface area contributed by atoms with Gasteiger partial charge in [0.15, 0.2) is 0 Å². The smallest absolute Gasteiger partial charge is 0.437 e. The van der Waals surface area contributed by atoms with Crippen LogP contribution in [0.15, 0.2) is 24.3 Å². The maximum absolute atomic E-state index is 13.6. The summed E-state index contributed by atoms with van der Waals surface area (Å²) in [6, 6.07) is 5.47. The molecule has 1 saturated heterocycles. The summed E-state index contributed by atoms with van der Waals surface area (Å²) in [5.74, 6) is -8.86. The Labute approximate surface area is 155 Å². The van der Waals surface area contributed by atoms with Crippen molar-refractivity contribution in [3.8, 4) is 6.07 Å². The van der Waals surface area contributed by atoms with E-state index in [0.29, 0.717) is 0 Å². The van der Waals surface area contributed by atoms with Crippen molar-refractivity contribution < 1.29 is 37.5 Å². The zero-order valence-corrected chi connectivity index (χ0v) is 14.3. The van der Waals surface area contributed by atoms with Crippen LogP contribution in [0.25, 0.3) is 0 Å². The third-order valence-corrected chi connectivity index (χ3v) is 4.37. The summed E-state index contributed by atoms with van der Waals surface area (Å²) in [7, 11) is 0. The summed E-state index contributed by atoms with van der Waals surface area (Å²) in [6.07, 6.45) is -5.47. The first-order valence-corrected chi connectivity index (χ1v) is 7.89. The van der Waals surface area contributed by atoms with Crippen LogP contribution >= 0.6 is 0 Å². The average Bonchev–Trinajstić information content (AvgIpc) is 2.60. The second-order valence-corrected chi connectivity index (χ2v) is 5.96. The van der Waals surface area contributed by atoms with E-state index in [1.54, 1.807) is 0 Å². The fraction of sp³-hybridized carbons (Fsp3) is 0.438. The van der Waals surface area contributed by atoms with Crippen LogP contribution < -0.4 is 5.32 Å². The zero-order valence-electron chi connectivity index (χ0n) is 14.3. The molecule has 0 aliphatic carbocycles. The van der Waals surface area contributed by atoms with E-state index in [-0.39, 0.29) is 12.2 Å². The number of piperidine rings is 1. The molecule has 1 aromatic rings. The van der Waals surface area contributed by atoms with Crippen LogP contribution in [-0.2, 0) is 14.3 Å². The van der Waals surface area contributed by atoms with Gasteiger partial charge in [-0.1, -0.05) is 12.1 Å². The number of aliphatic hydroxyl groups is 1. The van der Waals surface area contributed by atoms with Crippen LogP contribution in [0.5, 0.6) is 0 Å². The highest BCUT2D eigenvalue weighted by Crippen LogP contribution is 2.48. The monoisotopic (exact) mass is 401 g/mol. The van der Waals surface area contributed by atoms with E-state index in [1.807, 2.05) is 0 Å². The van der Waals surface area contributed by atoms with E-state index in [4.69, 9.17) is 0 Å². The van der Waals surface area contributed by atoms with Crippen LogP contribution in [-0.4, -0.2) is 40.4 Å². The third-order valence-electron chi connectivity index (χ3n) is 4.37. The first-order valence-electron chi connectivity index (χ1n) is 7.89. The van der Waals surface area contributed by atoms with Crippen molar-refractivity contribution in [3.63, 3.8) is 0 Å². The molecule has 2 N–H and O–H groups in total. The molecule has 1 heterocycles. The highest BCUT2D eigenvalue weighted by molar-refractivity contribution is 5.88. The normalized spacial score (nSPS) is 27.4. The van der Waals surface area contributed by atoms with Gasteiger partial charge in [0.2, 0.25) is 11.6 Å². The Morgan fingerprint density at radius 1 is 1.43 bits per heavy atom. The van der Waals surface area contributed by atoms with Crippen molar-refractivity contribution >= 4 is 17.6 Å². The van der Waals surface area contributed by atoms with Crippen LogP contribution in [0.4, 0.5) is 18.9 Å².